The van der Waals surface area contributed by atoms with Crippen LogP contribution in [0.5, 0.6) is 0 Å². The molecule has 1 aromatic heterocycles. The number of hydrogen-bond donors (Lipinski definition) is 1. The first kappa shape index (κ1) is 10.8. The Morgan fingerprint density at radius 1 is 1.57 bits per heavy atom. The lowest BCUT2D eigenvalue weighted by molar-refractivity contribution is 0.101. The Bertz CT molecular complexity index is 390. The van der Waals surface area contributed by atoms with Crippen molar-refractivity contribution in [3.8, 4) is 11.8 Å². The number of ketones is 1. The predicted molar refractivity (Wildman–Crippen MR) is 59.6 cm³/mol. The molecule has 0 aromatic carbocycles. The van der Waals surface area contributed by atoms with Gasteiger partial charge in [0.2, 0.25) is 0 Å². The molecule has 1 rings (SSSR count). The lowest BCUT2D eigenvalue weighted by Crippen LogP contribution is -1.93. The smallest absolute Gasteiger partial charge is 0.161 e. The maximum absolute atomic E-state index is 11.0. The van der Waals surface area contributed by atoms with E-state index in [0.717, 1.165) is 17.7 Å². The summed E-state index contributed by atoms with van der Waals surface area (Å²) in [5.41, 5.74) is 1.38. The van der Waals surface area contributed by atoms with E-state index in [9.17, 15) is 4.79 Å². The van der Waals surface area contributed by atoms with E-state index in [1.54, 1.807) is 18.5 Å². The Hall–Kier alpha value is -1.27. The second-order valence-corrected chi connectivity index (χ2v) is 3.24. The van der Waals surface area contributed by atoms with Gasteiger partial charge in [-0.1, -0.05) is 11.8 Å². The molecule has 1 heterocycles. The lowest BCUT2D eigenvalue weighted by Gasteiger charge is -1.94. The number of nitrogens with zero attached hydrogens (tertiary/aromatic N) is 1. The van der Waals surface area contributed by atoms with E-state index >= 15 is 0 Å². The fourth-order valence-electron chi connectivity index (χ4n) is 0.921. The molecule has 0 N–H and O–H groups in total. The van der Waals surface area contributed by atoms with Gasteiger partial charge < -0.3 is 0 Å². The monoisotopic (exact) mass is 205 g/mol. The highest BCUT2D eigenvalue weighted by Crippen LogP contribution is 2.02. The fraction of sp³-hybridized carbons (Fsp3) is 0.273. The summed E-state index contributed by atoms with van der Waals surface area (Å²) in [7, 11) is 0. The number of pyridine rings is 1. The van der Waals surface area contributed by atoms with E-state index < -0.39 is 0 Å². The van der Waals surface area contributed by atoms with Gasteiger partial charge in [0.25, 0.3) is 0 Å². The molecule has 1 aromatic rings. The van der Waals surface area contributed by atoms with Crippen LogP contribution in [0.25, 0.3) is 0 Å². The molecule has 0 unspecified atom stereocenters. The first-order chi connectivity index (χ1) is 6.74. The Morgan fingerprint density at radius 2 is 2.36 bits per heavy atom. The normalized spacial score (nSPS) is 9.00. The summed E-state index contributed by atoms with van der Waals surface area (Å²) < 4.78 is 0. The minimum atomic E-state index is 0.00958. The molecule has 0 bridgehead atoms. The molecule has 0 aliphatic carbocycles. The zero-order valence-corrected chi connectivity index (χ0v) is 8.84. The molecule has 0 amide bonds. The molecule has 0 aliphatic rings. The second kappa shape index (κ2) is 5.46. The van der Waals surface area contributed by atoms with Crippen LogP contribution in [0.15, 0.2) is 18.5 Å². The number of Topliss-reactive ketones (excluding diaryl/α,β-unsaturated/α-hetero) is 1. The Morgan fingerprint density at radius 3 is 3.00 bits per heavy atom. The highest BCUT2D eigenvalue weighted by Gasteiger charge is 1.98. The number of carbonyl (C=O) groups excluding carboxylic acids is 1. The summed E-state index contributed by atoms with van der Waals surface area (Å²) in [6.45, 7) is 1.52. The Labute approximate surface area is 89.2 Å². The van der Waals surface area contributed by atoms with Gasteiger partial charge in [-0.2, -0.15) is 12.6 Å². The summed E-state index contributed by atoms with van der Waals surface area (Å²) in [6, 6.07) is 1.75. The van der Waals surface area contributed by atoms with Gasteiger partial charge in [0.1, 0.15) is 0 Å². The van der Waals surface area contributed by atoms with Gasteiger partial charge in [0.15, 0.2) is 5.78 Å². The van der Waals surface area contributed by atoms with Crippen molar-refractivity contribution in [1.29, 1.82) is 0 Å². The molecule has 0 radical (unpaired) electrons. The molecule has 72 valence electrons. The third kappa shape index (κ3) is 3.23. The zero-order valence-electron chi connectivity index (χ0n) is 7.95. The van der Waals surface area contributed by atoms with Crippen LogP contribution >= 0.6 is 12.6 Å². The molecule has 0 spiro atoms. The third-order valence-electron chi connectivity index (χ3n) is 1.61. The van der Waals surface area contributed by atoms with Gasteiger partial charge in [-0.05, 0) is 13.0 Å². The quantitative estimate of drug-likeness (QED) is 0.454. The number of aromatic nitrogens is 1. The largest absolute Gasteiger partial charge is 0.294 e. The molecule has 0 fully saturated rings. The molecule has 0 atom stereocenters. The van der Waals surface area contributed by atoms with E-state index in [-0.39, 0.29) is 5.78 Å². The van der Waals surface area contributed by atoms with E-state index in [1.165, 1.54) is 6.92 Å². The van der Waals surface area contributed by atoms with Crippen LogP contribution in [-0.4, -0.2) is 16.5 Å². The van der Waals surface area contributed by atoms with Crippen molar-refractivity contribution in [2.24, 2.45) is 0 Å². The summed E-state index contributed by atoms with van der Waals surface area (Å²) >= 11 is 4.05. The number of thiol groups is 1. The maximum Gasteiger partial charge on any atom is 0.161 e. The van der Waals surface area contributed by atoms with Crippen LogP contribution in [0.4, 0.5) is 0 Å². The molecule has 2 nitrogen and oxygen atoms in total. The molecule has 14 heavy (non-hydrogen) atoms. The first-order valence-electron chi connectivity index (χ1n) is 4.30. The van der Waals surface area contributed by atoms with Crippen LogP contribution in [-0.2, 0) is 0 Å². The zero-order chi connectivity index (χ0) is 10.4. The molecule has 0 saturated heterocycles. The van der Waals surface area contributed by atoms with Gasteiger partial charge in [0, 0.05) is 35.7 Å². The van der Waals surface area contributed by atoms with Gasteiger partial charge in [-0.3, -0.25) is 9.78 Å². The van der Waals surface area contributed by atoms with Crippen molar-refractivity contribution in [3.63, 3.8) is 0 Å². The van der Waals surface area contributed by atoms with Crippen molar-refractivity contribution >= 4 is 18.4 Å². The standard InChI is InChI=1S/C11H11NOS/c1-9(13)11-6-10(7-12-8-11)4-2-3-5-14/h6-8,14H,3,5H2,1H3. The third-order valence-corrected chi connectivity index (χ3v) is 1.84. The maximum atomic E-state index is 11.0. The fourth-order valence-corrected chi connectivity index (χ4v) is 1.03. The van der Waals surface area contributed by atoms with Crippen molar-refractivity contribution in [3.05, 3.63) is 29.6 Å². The van der Waals surface area contributed by atoms with Gasteiger partial charge in [-0.25, -0.2) is 0 Å². The van der Waals surface area contributed by atoms with Gasteiger partial charge in [-0.15, -0.1) is 0 Å². The van der Waals surface area contributed by atoms with Crippen molar-refractivity contribution in [2.45, 2.75) is 13.3 Å². The van der Waals surface area contributed by atoms with Gasteiger partial charge in [0.05, 0.1) is 0 Å². The highest BCUT2D eigenvalue weighted by molar-refractivity contribution is 7.80. The SMILES string of the molecule is CC(=O)c1cncc(C#CCCS)c1. The second-order valence-electron chi connectivity index (χ2n) is 2.79. The average molecular weight is 205 g/mol. The first-order valence-corrected chi connectivity index (χ1v) is 4.93. The van der Waals surface area contributed by atoms with Crippen LogP contribution in [0.1, 0.15) is 29.3 Å². The van der Waals surface area contributed by atoms with Crippen LogP contribution in [0.2, 0.25) is 0 Å². The molecular formula is C11H11NOS. The molecule has 0 saturated carbocycles. The van der Waals surface area contributed by atoms with Crippen molar-refractivity contribution < 1.29 is 4.79 Å². The molecule has 0 aliphatic heterocycles. The summed E-state index contributed by atoms with van der Waals surface area (Å²) in [5, 5.41) is 0. The Balaban J connectivity index is 2.85. The van der Waals surface area contributed by atoms with Crippen LogP contribution < -0.4 is 0 Å². The number of carbonyl (C=O) groups is 1. The van der Waals surface area contributed by atoms with Crippen LogP contribution in [0.3, 0.4) is 0 Å². The van der Waals surface area contributed by atoms with E-state index in [1.807, 2.05) is 0 Å². The van der Waals surface area contributed by atoms with E-state index in [4.69, 9.17) is 0 Å². The van der Waals surface area contributed by atoms with Crippen molar-refractivity contribution in [1.82, 2.24) is 4.98 Å². The average Bonchev–Trinajstić information content (AvgIpc) is 2.19. The van der Waals surface area contributed by atoms with Crippen LogP contribution in [0, 0.1) is 11.8 Å². The predicted octanol–water partition coefficient (Wildman–Crippen LogP) is 1.96. The highest BCUT2D eigenvalue weighted by atomic mass is 32.1. The van der Waals surface area contributed by atoms with Crippen molar-refractivity contribution in [2.75, 3.05) is 5.75 Å². The van der Waals surface area contributed by atoms with E-state index in [2.05, 4.69) is 29.5 Å². The Kier molecular flexibility index (Phi) is 4.21. The van der Waals surface area contributed by atoms with Gasteiger partial charge >= 0.3 is 0 Å². The minimum absolute atomic E-state index is 0.00958. The lowest BCUT2D eigenvalue weighted by atomic mass is 10.1. The minimum Gasteiger partial charge on any atom is -0.294 e. The number of rotatable bonds is 2. The number of hydrogen-bond acceptors (Lipinski definition) is 3. The molecule has 3 heteroatoms. The van der Waals surface area contributed by atoms with E-state index in [0.29, 0.717) is 5.56 Å². The summed E-state index contributed by atoms with van der Waals surface area (Å²) in [6.07, 6.45) is 3.94. The summed E-state index contributed by atoms with van der Waals surface area (Å²) in [4.78, 5) is 15.0. The summed E-state index contributed by atoms with van der Waals surface area (Å²) in [5.74, 6) is 6.62. The molecular weight excluding hydrogens is 194 g/mol. The topological polar surface area (TPSA) is 30.0 Å².